The molecule has 4 aromatic rings. The first-order valence-electron chi connectivity index (χ1n) is 11.1. The fourth-order valence-electron chi connectivity index (χ4n) is 4.69. The van der Waals surface area contributed by atoms with Gasteiger partial charge in [0.15, 0.2) is 0 Å². The lowest BCUT2D eigenvalue weighted by molar-refractivity contribution is -0.126. The molecule has 1 aliphatic heterocycles. The molecular formula is C27H25N3O4. The number of para-hydroxylation sites is 3. The Kier molecular flexibility index (Phi) is 5.45. The van der Waals surface area contributed by atoms with Gasteiger partial charge in [0.05, 0.1) is 0 Å². The number of rotatable bonds is 6. The molecule has 0 saturated heterocycles. The maximum absolute atomic E-state index is 13.5. The third-order valence-electron chi connectivity index (χ3n) is 6.38. The van der Waals surface area contributed by atoms with Crippen molar-refractivity contribution in [2.24, 2.45) is 0 Å². The molecule has 0 spiro atoms. The molecular weight excluding hydrogens is 430 g/mol. The van der Waals surface area contributed by atoms with Crippen molar-refractivity contribution in [2.45, 2.75) is 24.8 Å². The van der Waals surface area contributed by atoms with Crippen molar-refractivity contribution in [3.63, 3.8) is 0 Å². The summed E-state index contributed by atoms with van der Waals surface area (Å²) in [5.74, 6) is 1.00. The summed E-state index contributed by atoms with van der Waals surface area (Å²) < 4.78 is 6.04. The van der Waals surface area contributed by atoms with Gasteiger partial charge in [0.2, 0.25) is 5.91 Å². The van der Waals surface area contributed by atoms with E-state index in [9.17, 15) is 14.7 Å². The first-order valence-corrected chi connectivity index (χ1v) is 11.1. The van der Waals surface area contributed by atoms with E-state index < -0.39 is 11.6 Å². The average molecular weight is 456 g/mol. The second kappa shape index (κ2) is 8.59. The zero-order valence-electron chi connectivity index (χ0n) is 18.7. The highest BCUT2D eigenvalue weighted by Gasteiger charge is 2.37. The van der Waals surface area contributed by atoms with E-state index >= 15 is 0 Å². The molecule has 1 atom stereocenters. The van der Waals surface area contributed by atoms with Gasteiger partial charge in [-0.3, -0.25) is 4.79 Å². The molecule has 1 unspecified atom stereocenters. The quantitative estimate of drug-likeness (QED) is 0.336. The van der Waals surface area contributed by atoms with Gasteiger partial charge in [0.1, 0.15) is 17.0 Å². The molecule has 0 aliphatic carbocycles. The number of carboxylic acid groups (broad SMARTS) is 1. The smallest absolute Gasteiger partial charge is 0.405 e. The van der Waals surface area contributed by atoms with Gasteiger partial charge >= 0.3 is 6.09 Å². The van der Waals surface area contributed by atoms with Crippen LogP contribution >= 0.6 is 0 Å². The molecule has 7 nitrogen and oxygen atoms in total. The van der Waals surface area contributed by atoms with Crippen LogP contribution in [0.1, 0.15) is 29.5 Å². The minimum atomic E-state index is -1.36. The Labute approximate surface area is 196 Å². The van der Waals surface area contributed by atoms with Crippen LogP contribution in [0.5, 0.6) is 11.5 Å². The Balaban J connectivity index is 1.41. The standard InChI is InChI=1S/C27H25N3O4/c1-27(30-26(32)33,14-17-15-28-22-11-5-2-8-18(17)22)25(31)29-16-21-19-9-3-6-12-23(19)34-24-13-7-4-10-20(21)24/h2-13,15,21,28,30H,14,16H2,1H3,(H,29,31)(H,32,33). The number of hydrogen-bond donors (Lipinski definition) is 4. The van der Waals surface area contributed by atoms with Gasteiger partial charge in [-0.15, -0.1) is 0 Å². The summed E-state index contributed by atoms with van der Waals surface area (Å²) in [7, 11) is 0. The summed E-state index contributed by atoms with van der Waals surface area (Å²) in [4.78, 5) is 28.3. The van der Waals surface area contributed by atoms with E-state index in [1.807, 2.05) is 79.0 Å². The summed E-state index contributed by atoms with van der Waals surface area (Å²) in [5.41, 5.74) is 2.40. The molecule has 0 saturated carbocycles. The number of ether oxygens (including phenoxy) is 1. The topological polar surface area (TPSA) is 103 Å². The zero-order chi connectivity index (χ0) is 23.7. The Morgan fingerprint density at radius 1 is 0.971 bits per heavy atom. The molecule has 2 heterocycles. The van der Waals surface area contributed by atoms with Crippen LogP contribution in [0.25, 0.3) is 10.9 Å². The van der Waals surface area contributed by atoms with Crippen LogP contribution in [0.2, 0.25) is 0 Å². The fraction of sp³-hybridized carbons (Fsp3) is 0.185. The van der Waals surface area contributed by atoms with Crippen LogP contribution < -0.4 is 15.4 Å². The van der Waals surface area contributed by atoms with Gasteiger partial charge in [-0.05, 0) is 30.7 Å². The molecule has 34 heavy (non-hydrogen) atoms. The van der Waals surface area contributed by atoms with Gasteiger partial charge in [-0.25, -0.2) is 4.79 Å². The Morgan fingerprint density at radius 2 is 1.59 bits per heavy atom. The van der Waals surface area contributed by atoms with Crippen molar-refractivity contribution >= 4 is 22.9 Å². The first kappa shape index (κ1) is 21.6. The monoisotopic (exact) mass is 455 g/mol. The van der Waals surface area contributed by atoms with Gasteiger partial charge in [0.25, 0.3) is 0 Å². The van der Waals surface area contributed by atoms with Crippen LogP contribution in [0.3, 0.4) is 0 Å². The second-order valence-corrected chi connectivity index (χ2v) is 8.74. The van der Waals surface area contributed by atoms with E-state index in [1.165, 1.54) is 0 Å². The SMILES string of the molecule is CC(Cc1c[nH]c2ccccc12)(NC(=O)O)C(=O)NCC1c2ccccc2Oc2ccccc21. The first-order chi connectivity index (χ1) is 16.4. The van der Waals surface area contributed by atoms with Crippen LogP contribution in [0.4, 0.5) is 4.79 Å². The van der Waals surface area contributed by atoms with Crippen LogP contribution in [-0.2, 0) is 11.2 Å². The second-order valence-electron chi connectivity index (χ2n) is 8.74. The molecule has 2 amide bonds. The highest BCUT2D eigenvalue weighted by atomic mass is 16.5. The highest BCUT2D eigenvalue weighted by molar-refractivity contribution is 5.91. The lowest BCUT2D eigenvalue weighted by atomic mass is 9.87. The van der Waals surface area contributed by atoms with Crippen molar-refractivity contribution in [2.75, 3.05) is 6.54 Å². The lowest BCUT2D eigenvalue weighted by Crippen LogP contribution is -2.58. The zero-order valence-corrected chi connectivity index (χ0v) is 18.7. The third kappa shape index (κ3) is 3.96. The number of fused-ring (bicyclic) bond motifs is 3. The third-order valence-corrected chi connectivity index (χ3v) is 6.38. The van der Waals surface area contributed by atoms with Gasteiger partial charge in [-0.1, -0.05) is 54.6 Å². The average Bonchev–Trinajstić information content (AvgIpc) is 3.23. The van der Waals surface area contributed by atoms with Gasteiger partial charge < -0.3 is 25.5 Å². The number of aromatic nitrogens is 1. The molecule has 1 aromatic heterocycles. The van der Waals surface area contributed by atoms with Crippen molar-refractivity contribution < 1.29 is 19.4 Å². The number of carbonyl (C=O) groups is 2. The normalized spacial score (nSPS) is 14.4. The summed E-state index contributed by atoms with van der Waals surface area (Å²) in [5, 5.41) is 15.9. The summed E-state index contributed by atoms with van der Waals surface area (Å²) in [6.07, 6.45) is 0.778. The molecule has 0 fully saturated rings. The number of hydrogen-bond acceptors (Lipinski definition) is 3. The minimum absolute atomic E-state index is 0.118. The number of nitrogens with one attached hydrogen (secondary N) is 3. The number of aromatic amines is 1. The van der Waals surface area contributed by atoms with E-state index in [2.05, 4.69) is 15.6 Å². The van der Waals surface area contributed by atoms with E-state index in [-0.39, 0.29) is 18.2 Å². The van der Waals surface area contributed by atoms with E-state index in [4.69, 9.17) is 4.74 Å². The van der Waals surface area contributed by atoms with Crippen molar-refractivity contribution in [1.82, 2.24) is 15.6 Å². The van der Waals surface area contributed by atoms with Crippen molar-refractivity contribution in [3.05, 3.63) is 95.7 Å². The van der Waals surface area contributed by atoms with Crippen LogP contribution in [0.15, 0.2) is 79.0 Å². The lowest BCUT2D eigenvalue weighted by Gasteiger charge is -2.31. The van der Waals surface area contributed by atoms with E-state index in [0.29, 0.717) is 6.54 Å². The van der Waals surface area contributed by atoms with Gasteiger partial charge in [0, 0.05) is 47.1 Å². The predicted octanol–water partition coefficient (Wildman–Crippen LogP) is 4.79. The number of benzene rings is 3. The summed E-state index contributed by atoms with van der Waals surface area (Å²) in [6, 6.07) is 23.3. The number of amides is 2. The molecule has 4 N–H and O–H groups in total. The maximum atomic E-state index is 13.5. The molecule has 5 rings (SSSR count). The Morgan fingerprint density at radius 3 is 2.26 bits per heavy atom. The molecule has 172 valence electrons. The Hall–Kier alpha value is -4.26. The Bertz CT molecular complexity index is 1330. The van der Waals surface area contributed by atoms with Crippen LogP contribution in [-0.4, -0.2) is 34.2 Å². The van der Waals surface area contributed by atoms with Crippen molar-refractivity contribution in [1.29, 1.82) is 0 Å². The fourth-order valence-corrected chi connectivity index (χ4v) is 4.69. The molecule has 3 aromatic carbocycles. The molecule has 0 radical (unpaired) electrons. The molecule has 1 aliphatic rings. The predicted molar refractivity (Wildman–Crippen MR) is 129 cm³/mol. The molecule has 7 heteroatoms. The minimum Gasteiger partial charge on any atom is -0.465 e. The van der Waals surface area contributed by atoms with Crippen LogP contribution in [0, 0.1) is 0 Å². The summed E-state index contributed by atoms with van der Waals surface area (Å²) >= 11 is 0. The van der Waals surface area contributed by atoms with E-state index in [1.54, 1.807) is 6.92 Å². The summed E-state index contributed by atoms with van der Waals surface area (Å²) in [6.45, 7) is 1.92. The van der Waals surface area contributed by atoms with E-state index in [0.717, 1.165) is 39.1 Å². The van der Waals surface area contributed by atoms with Crippen molar-refractivity contribution in [3.8, 4) is 11.5 Å². The molecule has 0 bridgehead atoms. The van der Waals surface area contributed by atoms with Gasteiger partial charge in [-0.2, -0.15) is 0 Å². The number of H-pyrrole nitrogens is 1. The maximum Gasteiger partial charge on any atom is 0.405 e. The highest BCUT2D eigenvalue weighted by Crippen LogP contribution is 2.43. The largest absolute Gasteiger partial charge is 0.465 e. The number of carbonyl (C=O) groups excluding carboxylic acids is 1.